The van der Waals surface area contributed by atoms with Crippen molar-refractivity contribution in [3.05, 3.63) is 101 Å². The van der Waals surface area contributed by atoms with Crippen molar-refractivity contribution in [2.75, 3.05) is 0 Å². The Kier molecular flexibility index (Phi) is 5.96. The Balaban J connectivity index is 2.29. The third-order valence-electron chi connectivity index (χ3n) is 4.86. The molecule has 0 aliphatic rings. The van der Waals surface area contributed by atoms with E-state index in [4.69, 9.17) is 0 Å². The number of rotatable bonds is 6. The van der Waals surface area contributed by atoms with Crippen LogP contribution in [0.5, 0.6) is 0 Å². The molecule has 0 unspecified atom stereocenters. The van der Waals surface area contributed by atoms with Crippen LogP contribution in [-0.4, -0.2) is 25.2 Å². The summed E-state index contributed by atoms with van der Waals surface area (Å²) in [5, 5.41) is 11.3. The molecule has 0 amide bonds. The quantitative estimate of drug-likeness (QED) is 0.370. The third kappa shape index (κ3) is 4.50. The molecule has 31 heavy (non-hydrogen) atoms. The van der Waals surface area contributed by atoms with E-state index in [2.05, 4.69) is 9.97 Å². The van der Waals surface area contributed by atoms with Crippen molar-refractivity contribution in [2.24, 2.45) is 0 Å². The Morgan fingerprint density at radius 1 is 1.19 bits per heavy atom. The number of nitrogens with zero attached hydrogens (tertiary/aromatic N) is 3. The topological polar surface area (TPSA) is 128 Å². The zero-order chi connectivity index (χ0) is 22.9. The summed E-state index contributed by atoms with van der Waals surface area (Å²) >= 11 is 0. The Morgan fingerprint density at radius 2 is 1.90 bits per heavy atom. The number of carbonyl (C=O) groups is 1. The molecular formula is C22H22N4O5. The Morgan fingerprint density at radius 3 is 2.52 bits per heavy atom. The number of carbonyl (C=O) groups excluding carboxylic acids is 1. The molecule has 0 aliphatic carbocycles. The van der Waals surface area contributed by atoms with Gasteiger partial charge in [-0.15, -0.1) is 0 Å². The van der Waals surface area contributed by atoms with Crippen LogP contribution in [-0.2, 0) is 6.54 Å². The molecule has 0 saturated carbocycles. The third-order valence-corrected chi connectivity index (χ3v) is 4.86. The fourth-order valence-electron chi connectivity index (χ4n) is 3.54. The van der Waals surface area contributed by atoms with E-state index in [9.17, 15) is 24.5 Å². The fourth-order valence-corrected chi connectivity index (χ4v) is 3.54. The van der Waals surface area contributed by atoms with Crippen molar-refractivity contribution in [1.82, 2.24) is 14.5 Å². The molecule has 1 aromatic carbocycles. The lowest BCUT2D eigenvalue weighted by Crippen LogP contribution is -2.38. The molecule has 3 aromatic rings. The second-order valence-corrected chi connectivity index (χ2v) is 7.71. The fraction of sp³-hybridized carbons (Fsp3) is 0.273. The number of nitrogens with one attached hydrogen (secondary N) is 1. The first-order chi connectivity index (χ1) is 14.6. The van der Waals surface area contributed by atoms with Crippen molar-refractivity contribution in [2.45, 2.75) is 40.2 Å². The zero-order valence-corrected chi connectivity index (χ0v) is 17.6. The minimum Gasteiger partial charge on any atom is -0.287 e. The first kappa shape index (κ1) is 21.8. The van der Waals surface area contributed by atoms with Gasteiger partial charge in [0.25, 0.3) is 11.2 Å². The number of non-ortho nitro benzene ring substituents is 1. The molecule has 0 bridgehead atoms. The van der Waals surface area contributed by atoms with Gasteiger partial charge in [-0.3, -0.25) is 34.2 Å². The van der Waals surface area contributed by atoms with E-state index in [1.807, 2.05) is 0 Å². The van der Waals surface area contributed by atoms with Gasteiger partial charge < -0.3 is 0 Å². The van der Waals surface area contributed by atoms with Gasteiger partial charge in [-0.05, 0) is 49.1 Å². The maximum atomic E-state index is 13.5. The van der Waals surface area contributed by atoms with E-state index >= 15 is 0 Å². The number of benzene rings is 1. The van der Waals surface area contributed by atoms with Crippen molar-refractivity contribution < 1.29 is 9.72 Å². The van der Waals surface area contributed by atoms with Gasteiger partial charge in [-0.25, -0.2) is 4.79 Å². The lowest BCUT2D eigenvalue weighted by Gasteiger charge is -2.17. The van der Waals surface area contributed by atoms with Crippen LogP contribution < -0.4 is 11.2 Å². The summed E-state index contributed by atoms with van der Waals surface area (Å²) in [5.41, 5.74) is 0.491. The standard InChI is InChI=1S/C22H22N4O5/c1-12(2)18-19(20(27)16-7-13(3)8-17(10-16)26(30)31)25(22(29)24-21(18)28)11-15-5-6-23-14(4)9-15/h5-10,12H,11H2,1-4H3,(H,24,28,29). The van der Waals surface area contributed by atoms with Gasteiger partial charge in [-0.1, -0.05) is 13.8 Å². The summed E-state index contributed by atoms with van der Waals surface area (Å²) in [6.45, 7) is 6.96. The van der Waals surface area contributed by atoms with Crippen LogP contribution in [0.25, 0.3) is 0 Å². The number of aromatic amines is 1. The molecule has 0 atom stereocenters. The predicted octanol–water partition coefficient (Wildman–Crippen LogP) is 2.86. The Bertz CT molecular complexity index is 1300. The zero-order valence-electron chi connectivity index (χ0n) is 17.6. The van der Waals surface area contributed by atoms with Gasteiger partial charge in [0.1, 0.15) is 5.69 Å². The lowest BCUT2D eigenvalue weighted by atomic mass is 9.96. The molecule has 0 saturated heterocycles. The van der Waals surface area contributed by atoms with Crippen LogP contribution in [0.2, 0.25) is 0 Å². The molecule has 1 N–H and O–H groups in total. The highest BCUT2D eigenvalue weighted by Crippen LogP contribution is 2.23. The average Bonchev–Trinajstić information content (AvgIpc) is 2.68. The van der Waals surface area contributed by atoms with E-state index in [0.29, 0.717) is 5.56 Å². The number of nitro benzene ring substituents is 1. The van der Waals surface area contributed by atoms with Crippen LogP contribution in [0, 0.1) is 24.0 Å². The van der Waals surface area contributed by atoms with Gasteiger partial charge in [-0.2, -0.15) is 0 Å². The second kappa shape index (κ2) is 8.47. The van der Waals surface area contributed by atoms with Crippen LogP contribution in [0.3, 0.4) is 0 Å². The van der Waals surface area contributed by atoms with Crippen molar-refractivity contribution in [3.8, 4) is 0 Å². The number of aryl methyl sites for hydroxylation is 2. The molecular weight excluding hydrogens is 400 g/mol. The van der Waals surface area contributed by atoms with Crippen LogP contribution in [0.15, 0.2) is 46.1 Å². The Labute approximate surface area is 177 Å². The smallest absolute Gasteiger partial charge is 0.287 e. The normalized spacial score (nSPS) is 11.0. The number of pyridine rings is 1. The van der Waals surface area contributed by atoms with E-state index in [1.54, 1.807) is 46.0 Å². The molecule has 0 spiro atoms. The largest absolute Gasteiger partial charge is 0.329 e. The van der Waals surface area contributed by atoms with Gasteiger partial charge in [0, 0.05) is 35.2 Å². The van der Waals surface area contributed by atoms with Crippen LogP contribution >= 0.6 is 0 Å². The number of nitro groups is 1. The molecule has 9 nitrogen and oxygen atoms in total. The van der Waals surface area contributed by atoms with Gasteiger partial charge >= 0.3 is 5.69 Å². The number of aromatic nitrogens is 3. The first-order valence-corrected chi connectivity index (χ1v) is 9.67. The van der Waals surface area contributed by atoms with Crippen molar-refractivity contribution in [1.29, 1.82) is 0 Å². The maximum Gasteiger partial charge on any atom is 0.329 e. The highest BCUT2D eigenvalue weighted by molar-refractivity contribution is 6.09. The minimum absolute atomic E-state index is 0.0354. The van der Waals surface area contributed by atoms with E-state index in [0.717, 1.165) is 17.3 Å². The highest BCUT2D eigenvalue weighted by atomic mass is 16.6. The number of H-pyrrole nitrogens is 1. The van der Waals surface area contributed by atoms with Crippen LogP contribution in [0.4, 0.5) is 5.69 Å². The van der Waals surface area contributed by atoms with Gasteiger partial charge in [0.05, 0.1) is 11.5 Å². The van der Waals surface area contributed by atoms with E-state index < -0.39 is 22.0 Å². The monoisotopic (exact) mass is 422 g/mol. The molecule has 0 fully saturated rings. The molecule has 0 aliphatic heterocycles. The predicted molar refractivity (Wildman–Crippen MR) is 115 cm³/mol. The van der Waals surface area contributed by atoms with Gasteiger partial charge in [0.2, 0.25) is 5.78 Å². The van der Waals surface area contributed by atoms with E-state index in [-0.39, 0.29) is 35.0 Å². The summed E-state index contributed by atoms with van der Waals surface area (Å²) < 4.78 is 1.21. The van der Waals surface area contributed by atoms with Crippen LogP contribution in [0.1, 0.15) is 58.2 Å². The maximum absolute atomic E-state index is 13.5. The Hall–Kier alpha value is -3.88. The molecule has 9 heteroatoms. The molecule has 3 rings (SSSR count). The van der Waals surface area contributed by atoms with Crippen molar-refractivity contribution >= 4 is 11.5 Å². The first-order valence-electron chi connectivity index (χ1n) is 9.67. The van der Waals surface area contributed by atoms with Crippen molar-refractivity contribution in [3.63, 3.8) is 0 Å². The average molecular weight is 422 g/mol. The van der Waals surface area contributed by atoms with E-state index in [1.165, 1.54) is 16.7 Å². The lowest BCUT2D eigenvalue weighted by molar-refractivity contribution is -0.384. The summed E-state index contributed by atoms with van der Waals surface area (Å²) in [6, 6.07) is 7.51. The van der Waals surface area contributed by atoms with Gasteiger partial charge in [0.15, 0.2) is 0 Å². The SMILES string of the molecule is Cc1cc(C(=O)c2c(C(C)C)c(=O)[nH]c(=O)n2Cc2ccnc(C)c2)cc([N+](=O)[O-])c1. The highest BCUT2D eigenvalue weighted by Gasteiger charge is 2.26. The number of ketones is 1. The summed E-state index contributed by atoms with van der Waals surface area (Å²) in [6.07, 6.45) is 1.59. The minimum atomic E-state index is -0.727. The summed E-state index contributed by atoms with van der Waals surface area (Å²) in [7, 11) is 0. The number of hydrogen-bond donors (Lipinski definition) is 1. The molecule has 160 valence electrons. The summed E-state index contributed by atoms with van der Waals surface area (Å²) in [4.78, 5) is 56.0. The number of hydrogen-bond acceptors (Lipinski definition) is 6. The molecule has 0 radical (unpaired) electrons. The molecule has 2 heterocycles. The summed E-state index contributed by atoms with van der Waals surface area (Å²) in [5.74, 6) is -0.988. The second-order valence-electron chi connectivity index (χ2n) is 7.71. The molecule has 2 aromatic heterocycles.